The minimum Gasteiger partial charge on any atom is -0.273 e. The van der Waals surface area contributed by atoms with Crippen LogP contribution in [0.15, 0.2) is 54.6 Å². The molecule has 2 aromatic rings. The molecule has 1 aliphatic rings. The number of halogens is 2. The third-order valence-corrected chi connectivity index (χ3v) is 4.37. The van der Waals surface area contributed by atoms with E-state index in [4.69, 9.17) is 23.2 Å². The molecule has 6 heteroatoms. The number of rotatable bonds is 4. The molecule has 1 heterocycles. The summed E-state index contributed by atoms with van der Waals surface area (Å²) in [6.07, 6.45) is 0.199. The van der Waals surface area contributed by atoms with Crippen molar-refractivity contribution >= 4 is 35.0 Å². The standard InChI is InChI=1S/C17H14Cl2N2O2/c18-13-8-6-12(7-9-13)16-15(19)17(23)21(16)20-14(22)10-11-4-2-1-3-5-11/h1-9,15-16H,10H2,(H,20,22)/t15-,16+/m1/s1. The maximum absolute atomic E-state index is 12.1. The van der Waals surface area contributed by atoms with Gasteiger partial charge < -0.3 is 0 Å². The molecule has 0 spiro atoms. The van der Waals surface area contributed by atoms with Gasteiger partial charge in [-0.3, -0.25) is 15.0 Å². The van der Waals surface area contributed by atoms with E-state index in [1.807, 2.05) is 30.3 Å². The van der Waals surface area contributed by atoms with Gasteiger partial charge in [0, 0.05) is 5.02 Å². The van der Waals surface area contributed by atoms with Crippen LogP contribution in [0.5, 0.6) is 0 Å². The van der Waals surface area contributed by atoms with E-state index in [9.17, 15) is 9.59 Å². The van der Waals surface area contributed by atoms with Crippen LogP contribution in [0.25, 0.3) is 0 Å². The van der Waals surface area contributed by atoms with Gasteiger partial charge >= 0.3 is 0 Å². The van der Waals surface area contributed by atoms with Gasteiger partial charge in [0.2, 0.25) is 5.91 Å². The zero-order valence-corrected chi connectivity index (χ0v) is 13.6. The number of hydrogen-bond donors (Lipinski definition) is 1. The fraction of sp³-hybridized carbons (Fsp3) is 0.176. The smallest absolute Gasteiger partial charge is 0.262 e. The van der Waals surface area contributed by atoms with Crippen LogP contribution in [0.4, 0.5) is 0 Å². The quantitative estimate of drug-likeness (QED) is 0.681. The summed E-state index contributed by atoms with van der Waals surface area (Å²) in [4.78, 5) is 24.1. The van der Waals surface area contributed by atoms with Crippen molar-refractivity contribution in [3.8, 4) is 0 Å². The number of carbonyl (C=O) groups is 2. The Kier molecular flexibility index (Phi) is 4.55. The van der Waals surface area contributed by atoms with E-state index in [0.29, 0.717) is 5.02 Å². The van der Waals surface area contributed by atoms with Gasteiger partial charge in [-0.1, -0.05) is 54.1 Å². The minimum absolute atomic E-state index is 0.199. The number of hydrogen-bond acceptors (Lipinski definition) is 2. The largest absolute Gasteiger partial charge is 0.273 e. The first-order valence-electron chi connectivity index (χ1n) is 7.12. The number of nitrogens with one attached hydrogen (secondary N) is 1. The predicted octanol–water partition coefficient (Wildman–Crippen LogP) is 3.10. The summed E-state index contributed by atoms with van der Waals surface area (Å²) in [5, 5.41) is 1.20. The van der Waals surface area contributed by atoms with Crippen molar-refractivity contribution in [2.75, 3.05) is 0 Å². The highest BCUT2D eigenvalue weighted by Gasteiger charge is 2.48. The highest BCUT2D eigenvalue weighted by Crippen LogP contribution is 2.37. The second-order valence-corrected chi connectivity index (χ2v) is 6.21. The second kappa shape index (κ2) is 6.60. The van der Waals surface area contributed by atoms with E-state index in [1.54, 1.807) is 24.3 Å². The van der Waals surface area contributed by atoms with Crippen molar-refractivity contribution in [3.05, 3.63) is 70.7 Å². The fourth-order valence-corrected chi connectivity index (χ4v) is 3.00. The van der Waals surface area contributed by atoms with Gasteiger partial charge in [-0.2, -0.15) is 0 Å². The molecule has 2 amide bonds. The summed E-state index contributed by atoms with van der Waals surface area (Å²) in [6, 6.07) is 16.0. The van der Waals surface area contributed by atoms with Gasteiger partial charge in [0.05, 0.1) is 6.42 Å². The Morgan fingerprint density at radius 3 is 2.39 bits per heavy atom. The monoisotopic (exact) mass is 348 g/mol. The highest BCUT2D eigenvalue weighted by molar-refractivity contribution is 6.33. The highest BCUT2D eigenvalue weighted by atomic mass is 35.5. The number of carbonyl (C=O) groups excluding carboxylic acids is 2. The van der Waals surface area contributed by atoms with Crippen LogP contribution in [0.3, 0.4) is 0 Å². The van der Waals surface area contributed by atoms with Crippen LogP contribution < -0.4 is 5.43 Å². The molecule has 0 bridgehead atoms. The van der Waals surface area contributed by atoms with Crippen molar-refractivity contribution < 1.29 is 9.59 Å². The van der Waals surface area contributed by atoms with E-state index in [2.05, 4.69) is 5.43 Å². The van der Waals surface area contributed by atoms with Crippen LogP contribution in [-0.4, -0.2) is 22.2 Å². The molecule has 1 N–H and O–H groups in total. The van der Waals surface area contributed by atoms with E-state index < -0.39 is 5.38 Å². The molecule has 0 radical (unpaired) electrons. The predicted molar refractivity (Wildman–Crippen MR) is 89.0 cm³/mol. The van der Waals surface area contributed by atoms with Gasteiger partial charge in [-0.15, -0.1) is 11.6 Å². The van der Waals surface area contributed by atoms with Crippen LogP contribution in [0.1, 0.15) is 17.2 Å². The number of alkyl halides is 1. The Morgan fingerprint density at radius 2 is 1.74 bits per heavy atom. The Hall–Kier alpha value is -2.04. The van der Waals surface area contributed by atoms with Crippen LogP contribution in [-0.2, 0) is 16.0 Å². The molecule has 118 valence electrons. The van der Waals surface area contributed by atoms with Gasteiger partial charge in [0.25, 0.3) is 5.91 Å². The Morgan fingerprint density at radius 1 is 1.09 bits per heavy atom. The first kappa shape index (κ1) is 15.8. The number of nitrogens with zero attached hydrogens (tertiary/aromatic N) is 1. The van der Waals surface area contributed by atoms with Crippen molar-refractivity contribution in [3.63, 3.8) is 0 Å². The SMILES string of the molecule is O=C(Cc1ccccc1)NN1C(=O)[C@H](Cl)[C@@H]1c1ccc(Cl)cc1. The van der Waals surface area contributed by atoms with Gasteiger partial charge in [-0.05, 0) is 23.3 Å². The molecule has 0 saturated carbocycles. The average molecular weight is 349 g/mol. The summed E-state index contributed by atoms with van der Waals surface area (Å²) in [6.45, 7) is 0. The molecular weight excluding hydrogens is 335 g/mol. The average Bonchev–Trinajstić information content (AvgIpc) is 2.56. The maximum Gasteiger partial charge on any atom is 0.262 e. The van der Waals surface area contributed by atoms with Crippen LogP contribution >= 0.6 is 23.2 Å². The summed E-state index contributed by atoms with van der Waals surface area (Å²) >= 11 is 12.0. The summed E-state index contributed by atoms with van der Waals surface area (Å²) in [5.74, 6) is -0.569. The molecule has 1 aliphatic heterocycles. The van der Waals surface area contributed by atoms with E-state index >= 15 is 0 Å². The molecule has 2 atom stereocenters. The van der Waals surface area contributed by atoms with Crippen molar-refractivity contribution in [1.29, 1.82) is 0 Å². The zero-order valence-electron chi connectivity index (χ0n) is 12.1. The maximum atomic E-state index is 12.1. The second-order valence-electron chi connectivity index (χ2n) is 5.30. The Balaban J connectivity index is 1.69. The number of amides is 2. The molecule has 3 rings (SSSR count). The molecule has 2 aromatic carbocycles. The van der Waals surface area contributed by atoms with Gasteiger partial charge in [0.1, 0.15) is 11.4 Å². The lowest BCUT2D eigenvalue weighted by molar-refractivity contribution is -0.156. The molecule has 0 aliphatic carbocycles. The van der Waals surface area contributed by atoms with Crippen molar-refractivity contribution in [1.82, 2.24) is 10.4 Å². The van der Waals surface area contributed by atoms with Gasteiger partial charge in [0.15, 0.2) is 0 Å². The van der Waals surface area contributed by atoms with Crippen LogP contribution in [0, 0.1) is 0 Å². The zero-order chi connectivity index (χ0) is 16.4. The molecule has 4 nitrogen and oxygen atoms in total. The molecule has 0 unspecified atom stereocenters. The third-order valence-electron chi connectivity index (χ3n) is 3.69. The lowest BCUT2D eigenvalue weighted by atomic mass is 9.95. The lowest BCUT2D eigenvalue weighted by Crippen LogP contribution is -2.63. The third kappa shape index (κ3) is 3.33. The normalized spacial score (nSPS) is 20.1. The number of hydrazine groups is 1. The first-order chi connectivity index (χ1) is 11.1. The summed E-state index contributed by atoms with van der Waals surface area (Å²) in [5.41, 5.74) is 4.34. The minimum atomic E-state index is -0.687. The van der Waals surface area contributed by atoms with Crippen LogP contribution in [0.2, 0.25) is 5.02 Å². The molecule has 1 saturated heterocycles. The number of β-lactam (4-membered cyclic amide) rings is 1. The Bertz CT molecular complexity index is 719. The van der Waals surface area contributed by atoms with E-state index in [0.717, 1.165) is 11.1 Å². The topological polar surface area (TPSA) is 49.4 Å². The lowest BCUT2D eigenvalue weighted by Gasteiger charge is -2.44. The Labute approximate surface area is 144 Å². The summed E-state index contributed by atoms with van der Waals surface area (Å²) < 4.78 is 0. The fourth-order valence-electron chi connectivity index (χ4n) is 2.51. The molecule has 23 heavy (non-hydrogen) atoms. The molecule has 0 aromatic heterocycles. The van der Waals surface area contributed by atoms with Gasteiger partial charge in [-0.25, -0.2) is 5.01 Å². The summed E-state index contributed by atoms with van der Waals surface area (Å²) in [7, 11) is 0. The molecule has 1 fully saturated rings. The molecular formula is C17H14Cl2N2O2. The van der Waals surface area contributed by atoms with Crippen molar-refractivity contribution in [2.45, 2.75) is 17.8 Å². The van der Waals surface area contributed by atoms with E-state index in [-0.39, 0.29) is 24.3 Å². The number of benzene rings is 2. The first-order valence-corrected chi connectivity index (χ1v) is 7.94. The van der Waals surface area contributed by atoms with E-state index in [1.165, 1.54) is 5.01 Å². The van der Waals surface area contributed by atoms with Crippen molar-refractivity contribution in [2.24, 2.45) is 0 Å².